The first-order valence-corrected chi connectivity index (χ1v) is 25.4. The number of hydrogen-bond acceptors (Lipinski definition) is 6. The fraction of sp³-hybridized carbons (Fsp3) is 0.727. The van der Waals surface area contributed by atoms with Gasteiger partial charge >= 0.3 is 17.9 Å². The average Bonchev–Trinajstić information content (AvgIpc) is 3.26. The molecule has 0 aromatic heterocycles. The van der Waals surface area contributed by atoms with E-state index in [9.17, 15) is 14.4 Å². The number of carbonyl (C=O) groups is 3. The molecule has 0 heterocycles. The van der Waals surface area contributed by atoms with Crippen molar-refractivity contribution in [1.82, 2.24) is 0 Å². The molecule has 61 heavy (non-hydrogen) atoms. The predicted octanol–water partition coefficient (Wildman–Crippen LogP) is 16.6. The lowest BCUT2D eigenvalue weighted by Crippen LogP contribution is -2.30. The molecule has 0 saturated heterocycles. The largest absolute Gasteiger partial charge is 0.462 e. The van der Waals surface area contributed by atoms with Crippen LogP contribution in [0.5, 0.6) is 0 Å². The predicted molar refractivity (Wildman–Crippen MR) is 261 cm³/mol. The molecule has 0 aromatic carbocycles. The second-order valence-electron chi connectivity index (χ2n) is 16.7. The molecule has 0 amide bonds. The highest BCUT2D eigenvalue weighted by atomic mass is 16.6. The van der Waals surface area contributed by atoms with Crippen molar-refractivity contribution in [1.29, 1.82) is 0 Å². The fourth-order valence-electron chi connectivity index (χ4n) is 6.88. The Hall–Kier alpha value is -3.15. The van der Waals surface area contributed by atoms with Gasteiger partial charge in [-0.05, 0) is 83.5 Å². The highest BCUT2D eigenvalue weighted by molar-refractivity contribution is 5.71. The van der Waals surface area contributed by atoms with Crippen molar-refractivity contribution < 1.29 is 28.6 Å². The lowest BCUT2D eigenvalue weighted by Gasteiger charge is -2.18. The van der Waals surface area contributed by atoms with Gasteiger partial charge in [0.25, 0.3) is 0 Å². The average molecular weight is 851 g/mol. The minimum absolute atomic E-state index is 0.0846. The van der Waals surface area contributed by atoms with Gasteiger partial charge in [-0.3, -0.25) is 14.4 Å². The molecule has 0 bridgehead atoms. The molecule has 1 unspecified atom stereocenters. The molecule has 0 aliphatic heterocycles. The molecule has 6 nitrogen and oxygen atoms in total. The van der Waals surface area contributed by atoms with E-state index in [0.29, 0.717) is 19.3 Å². The molecular formula is C55H94O6. The Bertz CT molecular complexity index is 1160. The number of esters is 3. The summed E-state index contributed by atoms with van der Waals surface area (Å²) >= 11 is 0. The van der Waals surface area contributed by atoms with Crippen LogP contribution in [0.15, 0.2) is 72.9 Å². The van der Waals surface area contributed by atoms with Crippen LogP contribution in [0, 0.1) is 0 Å². The van der Waals surface area contributed by atoms with Crippen molar-refractivity contribution >= 4 is 17.9 Å². The van der Waals surface area contributed by atoms with Crippen molar-refractivity contribution in [3.63, 3.8) is 0 Å². The first-order valence-electron chi connectivity index (χ1n) is 25.4. The van der Waals surface area contributed by atoms with E-state index < -0.39 is 6.10 Å². The highest BCUT2D eigenvalue weighted by Gasteiger charge is 2.19. The molecule has 1 atom stereocenters. The van der Waals surface area contributed by atoms with Gasteiger partial charge in [-0.15, -0.1) is 0 Å². The van der Waals surface area contributed by atoms with E-state index >= 15 is 0 Å². The van der Waals surface area contributed by atoms with Crippen molar-refractivity contribution in [2.24, 2.45) is 0 Å². The Kier molecular flexibility index (Phi) is 46.9. The van der Waals surface area contributed by atoms with Crippen LogP contribution in [0.3, 0.4) is 0 Å². The van der Waals surface area contributed by atoms with Crippen LogP contribution < -0.4 is 0 Å². The summed E-state index contributed by atoms with van der Waals surface area (Å²) in [4.78, 5) is 37.9. The van der Waals surface area contributed by atoms with Crippen LogP contribution >= 0.6 is 0 Å². The van der Waals surface area contributed by atoms with E-state index in [1.807, 2.05) is 0 Å². The van der Waals surface area contributed by atoms with Crippen molar-refractivity contribution in [2.45, 2.75) is 245 Å². The third kappa shape index (κ3) is 47.7. The lowest BCUT2D eigenvalue weighted by atomic mass is 10.1. The summed E-state index contributed by atoms with van der Waals surface area (Å²) in [5, 5.41) is 0. The van der Waals surface area contributed by atoms with Gasteiger partial charge in [0.1, 0.15) is 13.2 Å². The van der Waals surface area contributed by atoms with Crippen LogP contribution in [0.4, 0.5) is 0 Å². The quantitative estimate of drug-likeness (QED) is 0.0263. The molecule has 0 fully saturated rings. The van der Waals surface area contributed by atoms with E-state index in [1.165, 1.54) is 77.0 Å². The number of hydrogen-bond donors (Lipinski definition) is 0. The zero-order valence-corrected chi connectivity index (χ0v) is 39.9. The molecule has 0 aliphatic carbocycles. The molecule has 0 aliphatic rings. The summed E-state index contributed by atoms with van der Waals surface area (Å²) in [5.41, 5.74) is 0. The zero-order chi connectivity index (χ0) is 44.4. The van der Waals surface area contributed by atoms with Crippen LogP contribution in [-0.2, 0) is 28.6 Å². The number of allylic oxidation sites excluding steroid dienone is 12. The van der Waals surface area contributed by atoms with Gasteiger partial charge in [-0.2, -0.15) is 0 Å². The summed E-state index contributed by atoms with van der Waals surface area (Å²) in [6.45, 7) is 6.43. The molecule has 0 rings (SSSR count). The maximum Gasteiger partial charge on any atom is 0.306 e. The monoisotopic (exact) mass is 851 g/mol. The number of rotatable bonds is 45. The van der Waals surface area contributed by atoms with Gasteiger partial charge in [0.2, 0.25) is 0 Å². The first kappa shape index (κ1) is 57.9. The highest BCUT2D eigenvalue weighted by Crippen LogP contribution is 2.14. The third-order valence-corrected chi connectivity index (χ3v) is 10.7. The van der Waals surface area contributed by atoms with E-state index in [2.05, 4.69) is 93.7 Å². The van der Waals surface area contributed by atoms with Crippen molar-refractivity contribution in [3.8, 4) is 0 Å². The van der Waals surface area contributed by atoms with Crippen molar-refractivity contribution in [3.05, 3.63) is 72.9 Å². The number of ether oxygens (including phenoxy) is 3. The Morgan fingerprint density at radius 3 is 1.07 bits per heavy atom. The molecule has 6 heteroatoms. The maximum atomic E-state index is 12.8. The van der Waals surface area contributed by atoms with Gasteiger partial charge in [-0.25, -0.2) is 0 Å². The third-order valence-electron chi connectivity index (χ3n) is 10.7. The summed E-state index contributed by atoms with van der Waals surface area (Å²) in [5.74, 6) is -0.913. The van der Waals surface area contributed by atoms with Gasteiger partial charge in [0.15, 0.2) is 6.10 Å². The fourth-order valence-corrected chi connectivity index (χ4v) is 6.88. The van der Waals surface area contributed by atoms with E-state index in [0.717, 1.165) is 122 Å². The summed E-state index contributed by atoms with van der Waals surface area (Å²) in [7, 11) is 0. The topological polar surface area (TPSA) is 78.9 Å². The van der Waals surface area contributed by atoms with E-state index in [4.69, 9.17) is 14.2 Å². The Morgan fingerprint density at radius 2 is 0.672 bits per heavy atom. The van der Waals surface area contributed by atoms with Crippen LogP contribution in [0.25, 0.3) is 0 Å². The second kappa shape index (κ2) is 49.5. The number of unbranched alkanes of at least 4 members (excludes halogenated alkanes) is 22. The molecule has 350 valence electrons. The first-order chi connectivity index (χ1) is 30.0. The number of carbonyl (C=O) groups excluding carboxylic acids is 3. The Morgan fingerprint density at radius 1 is 0.344 bits per heavy atom. The SMILES string of the molecule is CC/C=C\C/C=C\C/C=C\C/C=C\CCCCCCCCC(=O)OCC(COC(=O)CCCCCCCCCCCCC)OC(=O)CCCCCCC/C=C\C/C=C\CCC. The Labute approximate surface area is 376 Å². The van der Waals surface area contributed by atoms with E-state index in [1.54, 1.807) is 0 Å². The lowest BCUT2D eigenvalue weighted by molar-refractivity contribution is -0.167. The smallest absolute Gasteiger partial charge is 0.306 e. The molecule has 0 aromatic rings. The minimum atomic E-state index is -0.786. The van der Waals surface area contributed by atoms with Gasteiger partial charge in [0, 0.05) is 19.3 Å². The summed E-state index contributed by atoms with van der Waals surface area (Å²) in [6.07, 6.45) is 61.7. The molecule has 0 N–H and O–H groups in total. The van der Waals surface area contributed by atoms with Crippen LogP contribution in [0.1, 0.15) is 239 Å². The van der Waals surface area contributed by atoms with Crippen LogP contribution in [-0.4, -0.2) is 37.2 Å². The summed E-state index contributed by atoms with van der Waals surface area (Å²) in [6, 6.07) is 0. The maximum absolute atomic E-state index is 12.8. The van der Waals surface area contributed by atoms with Crippen LogP contribution in [0.2, 0.25) is 0 Å². The Balaban J connectivity index is 4.38. The molecular weight excluding hydrogens is 757 g/mol. The van der Waals surface area contributed by atoms with Crippen molar-refractivity contribution in [2.75, 3.05) is 13.2 Å². The zero-order valence-electron chi connectivity index (χ0n) is 39.9. The second-order valence-corrected chi connectivity index (χ2v) is 16.7. The molecule has 0 saturated carbocycles. The standard InChI is InChI=1S/C55H94O6/c1-4-7-10-13-16-19-22-24-25-26-27-28-29-31-33-36-39-42-45-48-54(57)60-51-52(50-59-53(56)47-44-41-38-35-32-21-18-15-12-9-6-3)61-55(58)49-46-43-40-37-34-30-23-20-17-14-11-8-5-2/h7,10-11,14,16,19-20,23-25,27-28,52H,4-6,8-9,12-13,15,17-18,21-22,26,29-51H2,1-3H3/b10-7-,14-11-,19-16-,23-20-,25-24-,28-27-. The molecule has 0 radical (unpaired) electrons. The normalized spacial score (nSPS) is 12.6. The van der Waals surface area contributed by atoms with Gasteiger partial charge in [0.05, 0.1) is 0 Å². The van der Waals surface area contributed by atoms with Gasteiger partial charge in [-0.1, -0.05) is 209 Å². The summed E-state index contributed by atoms with van der Waals surface area (Å²) < 4.78 is 16.8. The van der Waals surface area contributed by atoms with E-state index in [-0.39, 0.29) is 31.1 Å². The molecule has 0 spiro atoms. The van der Waals surface area contributed by atoms with Gasteiger partial charge < -0.3 is 14.2 Å². The minimum Gasteiger partial charge on any atom is -0.462 e.